The van der Waals surface area contributed by atoms with Gasteiger partial charge < -0.3 is 4.57 Å². The maximum absolute atomic E-state index is 11.3. The van der Waals surface area contributed by atoms with Gasteiger partial charge in [0.1, 0.15) is 5.65 Å². The van der Waals surface area contributed by atoms with Crippen LogP contribution in [-0.4, -0.2) is 15.3 Å². The molecular weight excluding hydrogens is 316 g/mol. The lowest BCUT2D eigenvalue weighted by molar-refractivity contribution is -0.113. The summed E-state index contributed by atoms with van der Waals surface area (Å²) in [4.78, 5) is 15.8. The third-order valence-corrected chi connectivity index (χ3v) is 4.06. The highest BCUT2D eigenvalue weighted by atomic mass is 79.9. The average Bonchev–Trinajstić information content (AvgIpc) is 2.81. The molecule has 3 nitrogen and oxygen atoms in total. The number of rotatable bonds is 3. The maximum atomic E-state index is 11.3. The minimum atomic E-state index is 0.179. The van der Waals surface area contributed by atoms with Crippen molar-refractivity contribution in [3.05, 3.63) is 52.3 Å². The number of halogens is 1. The van der Waals surface area contributed by atoms with Crippen molar-refractivity contribution in [3.63, 3.8) is 0 Å². The lowest BCUT2D eigenvalue weighted by Gasteiger charge is -2.14. The van der Waals surface area contributed by atoms with Crippen LogP contribution in [0.15, 0.2) is 52.3 Å². The van der Waals surface area contributed by atoms with Gasteiger partial charge in [0.25, 0.3) is 0 Å². The molecular formula is C16H15BrN2O. The molecule has 0 saturated carbocycles. The second-order valence-electron chi connectivity index (χ2n) is 5.08. The van der Waals surface area contributed by atoms with E-state index in [1.807, 2.05) is 12.3 Å². The second-order valence-corrected chi connectivity index (χ2v) is 6.00. The van der Waals surface area contributed by atoms with Gasteiger partial charge >= 0.3 is 0 Å². The molecule has 0 spiro atoms. The van der Waals surface area contributed by atoms with E-state index in [2.05, 4.69) is 49.9 Å². The molecule has 0 amide bonds. The van der Waals surface area contributed by atoms with Crippen molar-refractivity contribution >= 4 is 32.7 Å². The molecule has 2 heterocycles. The van der Waals surface area contributed by atoms with Crippen LogP contribution in [0.4, 0.5) is 0 Å². The predicted octanol–water partition coefficient (Wildman–Crippen LogP) is 4.03. The molecule has 0 bridgehead atoms. The lowest BCUT2D eigenvalue weighted by Crippen LogP contribution is -2.06. The van der Waals surface area contributed by atoms with E-state index in [0.717, 1.165) is 40.5 Å². The van der Waals surface area contributed by atoms with Gasteiger partial charge in [0.2, 0.25) is 0 Å². The van der Waals surface area contributed by atoms with E-state index in [1.165, 1.54) is 5.57 Å². The number of hydrogen-bond donors (Lipinski definition) is 0. The summed E-state index contributed by atoms with van der Waals surface area (Å²) in [7, 11) is 0. The van der Waals surface area contributed by atoms with Crippen molar-refractivity contribution in [1.29, 1.82) is 0 Å². The molecule has 102 valence electrons. The van der Waals surface area contributed by atoms with Crippen molar-refractivity contribution < 1.29 is 4.79 Å². The van der Waals surface area contributed by atoms with E-state index in [0.29, 0.717) is 0 Å². The van der Waals surface area contributed by atoms with Gasteiger partial charge in [-0.1, -0.05) is 17.7 Å². The fourth-order valence-electron chi connectivity index (χ4n) is 2.50. The Morgan fingerprint density at radius 2 is 2.25 bits per heavy atom. The molecule has 2 aromatic heterocycles. The summed E-state index contributed by atoms with van der Waals surface area (Å²) < 4.78 is 3.15. The minimum Gasteiger partial charge on any atom is -0.328 e. The van der Waals surface area contributed by atoms with Crippen molar-refractivity contribution in [3.8, 4) is 0 Å². The normalized spacial score (nSPS) is 15.1. The number of Topliss-reactive ketones (excluding diaryl/α,β-unsaturated/α-hetero) is 1. The molecule has 4 heteroatoms. The number of fused-ring (bicyclic) bond motifs is 1. The van der Waals surface area contributed by atoms with E-state index in [9.17, 15) is 4.79 Å². The fraction of sp³-hybridized carbons (Fsp3) is 0.250. The van der Waals surface area contributed by atoms with Crippen molar-refractivity contribution in [1.82, 2.24) is 9.55 Å². The van der Waals surface area contributed by atoms with Gasteiger partial charge in [-0.3, -0.25) is 4.79 Å². The van der Waals surface area contributed by atoms with E-state index < -0.39 is 0 Å². The van der Waals surface area contributed by atoms with Crippen LogP contribution in [0.1, 0.15) is 19.8 Å². The van der Waals surface area contributed by atoms with Crippen LogP contribution in [0, 0.1) is 0 Å². The van der Waals surface area contributed by atoms with Crippen LogP contribution in [0.3, 0.4) is 0 Å². The van der Waals surface area contributed by atoms with E-state index in [4.69, 9.17) is 0 Å². The van der Waals surface area contributed by atoms with Crippen molar-refractivity contribution in [2.45, 2.75) is 26.3 Å². The van der Waals surface area contributed by atoms with E-state index in [-0.39, 0.29) is 5.78 Å². The quantitative estimate of drug-likeness (QED) is 0.851. The molecule has 1 aliphatic rings. The summed E-state index contributed by atoms with van der Waals surface area (Å²) in [5.74, 6) is 0.179. The largest absolute Gasteiger partial charge is 0.328 e. The highest BCUT2D eigenvalue weighted by Gasteiger charge is 2.11. The zero-order valence-corrected chi connectivity index (χ0v) is 12.9. The van der Waals surface area contributed by atoms with Crippen molar-refractivity contribution in [2.24, 2.45) is 0 Å². The van der Waals surface area contributed by atoms with Crippen LogP contribution in [-0.2, 0) is 11.3 Å². The van der Waals surface area contributed by atoms with Crippen molar-refractivity contribution in [2.75, 3.05) is 0 Å². The van der Waals surface area contributed by atoms with Gasteiger partial charge in [0.05, 0.1) is 0 Å². The Hall–Kier alpha value is -1.68. The SMILES string of the molecule is CC(=O)C1=CC=C(Cn2ccc3cc(Br)cnc32)CC1. The lowest BCUT2D eigenvalue weighted by atomic mass is 9.96. The first-order valence-corrected chi connectivity index (χ1v) is 7.43. The summed E-state index contributed by atoms with van der Waals surface area (Å²) in [5.41, 5.74) is 3.25. The number of carbonyl (C=O) groups is 1. The summed E-state index contributed by atoms with van der Waals surface area (Å²) in [6, 6.07) is 4.15. The maximum Gasteiger partial charge on any atom is 0.155 e. The zero-order valence-electron chi connectivity index (χ0n) is 11.3. The molecule has 1 aliphatic carbocycles. The molecule has 3 rings (SSSR count). The molecule has 0 aliphatic heterocycles. The molecule has 0 unspecified atom stereocenters. The second kappa shape index (κ2) is 5.37. The Labute approximate surface area is 126 Å². The van der Waals surface area contributed by atoms with Crippen LogP contribution >= 0.6 is 15.9 Å². The molecule has 0 aromatic carbocycles. The third-order valence-electron chi connectivity index (χ3n) is 3.63. The summed E-state index contributed by atoms with van der Waals surface area (Å²) in [5, 5.41) is 1.13. The summed E-state index contributed by atoms with van der Waals surface area (Å²) in [6.07, 6.45) is 9.71. The van der Waals surface area contributed by atoms with Gasteiger partial charge in [0.15, 0.2) is 5.78 Å². The van der Waals surface area contributed by atoms with Gasteiger partial charge in [-0.05, 0) is 53.4 Å². The fourth-order valence-corrected chi connectivity index (χ4v) is 2.85. The van der Waals surface area contributed by atoms with E-state index >= 15 is 0 Å². The highest BCUT2D eigenvalue weighted by Crippen LogP contribution is 2.23. The molecule has 0 radical (unpaired) electrons. The van der Waals surface area contributed by atoms with E-state index in [1.54, 1.807) is 6.92 Å². The monoisotopic (exact) mass is 330 g/mol. The Morgan fingerprint density at radius 3 is 2.95 bits per heavy atom. The standard InChI is InChI=1S/C16H15BrN2O/c1-11(20)13-4-2-12(3-5-13)10-19-7-6-14-8-15(17)9-18-16(14)19/h2,4,6-9H,3,5,10H2,1H3. The number of pyridine rings is 1. The first-order chi connectivity index (χ1) is 9.63. The first kappa shape index (κ1) is 13.3. The summed E-state index contributed by atoms with van der Waals surface area (Å²) >= 11 is 3.44. The molecule has 0 fully saturated rings. The summed E-state index contributed by atoms with van der Waals surface area (Å²) in [6.45, 7) is 2.46. The third kappa shape index (κ3) is 2.61. The van der Waals surface area contributed by atoms with Crippen LogP contribution in [0.25, 0.3) is 11.0 Å². The van der Waals surface area contributed by atoms with Crippen LogP contribution in [0.2, 0.25) is 0 Å². The van der Waals surface area contributed by atoms with Crippen LogP contribution in [0.5, 0.6) is 0 Å². The Kier molecular flexibility index (Phi) is 3.57. The Morgan fingerprint density at radius 1 is 1.40 bits per heavy atom. The van der Waals surface area contributed by atoms with Gasteiger partial charge in [0, 0.05) is 28.8 Å². The number of aromatic nitrogens is 2. The topological polar surface area (TPSA) is 34.9 Å². The molecule has 2 aromatic rings. The van der Waals surface area contributed by atoms with Gasteiger partial charge in [-0.15, -0.1) is 0 Å². The number of hydrogen-bond acceptors (Lipinski definition) is 2. The number of nitrogens with zero attached hydrogens (tertiary/aromatic N) is 2. The minimum absolute atomic E-state index is 0.179. The molecule has 0 saturated heterocycles. The first-order valence-electron chi connectivity index (χ1n) is 6.63. The molecule has 0 N–H and O–H groups in total. The predicted molar refractivity (Wildman–Crippen MR) is 83.5 cm³/mol. The zero-order chi connectivity index (χ0) is 14.1. The highest BCUT2D eigenvalue weighted by molar-refractivity contribution is 9.10. The molecule has 0 atom stereocenters. The number of allylic oxidation sites excluding steroid dienone is 4. The molecule has 20 heavy (non-hydrogen) atoms. The van der Waals surface area contributed by atoms with Crippen LogP contribution < -0.4 is 0 Å². The number of ketones is 1. The average molecular weight is 331 g/mol. The van der Waals surface area contributed by atoms with Gasteiger partial charge in [-0.2, -0.15) is 0 Å². The Balaban J connectivity index is 1.86. The Bertz CT molecular complexity index is 740. The number of carbonyl (C=O) groups excluding carboxylic acids is 1. The van der Waals surface area contributed by atoms with Gasteiger partial charge in [-0.25, -0.2) is 4.98 Å². The smallest absolute Gasteiger partial charge is 0.155 e.